The maximum absolute atomic E-state index is 13.1. The zero-order valence-electron chi connectivity index (χ0n) is 22.7. The third-order valence-corrected chi connectivity index (χ3v) is 13.5. The van der Waals surface area contributed by atoms with Crippen molar-refractivity contribution in [1.29, 1.82) is 0 Å². The second kappa shape index (κ2) is 6.47. The molecule has 16 atom stereocenters. The average Bonchev–Trinajstić information content (AvgIpc) is 3.53. The van der Waals surface area contributed by atoms with Crippen molar-refractivity contribution in [1.82, 2.24) is 0 Å². The Labute approximate surface area is 218 Å². The molecule has 202 valence electrons. The van der Waals surface area contributed by atoms with E-state index in [0.29, 0.717) is 6.42 Å². The maximum atomic E-state index is 13.1. The number of fused-ring (bicyclic) bond motifs is 7. The van der Waals surface area contributed by atoms with Crippen molar-refractivity contribution in [3.05, 3.63) is 11.1 Å². The number of allylic oxidation sites excluding steroid dienone is 1. The van der Waals surface area contributed by atoms with E-state index in [4.69, 9.17) is 14.2 Å². The van der Waals surface area contributed by atoms with E-state index in [1.807, 2.05) is 20.8 Å². The molecule has 0 aromatic heterocycles. The summed E-state index contributed by atoms with van der Waals surface area (Å²) in [6, 6.07) is 0. The van der Waals surface area contributed by atoms with Gasteiger partial charge >= 0.3 is 11.9 Å². The lowest BCUT2D eigenvalue weighted by atomic mass is 9.54. The SMILES string of the molecule is CC1=C2[C@H]3OC(=O)[C@@H](C)[C@@H]3CC[C@](C)(O)[C@@H]2[C@H]2[C@@H]3[C@@H]4[C@@]5([C@H]6OC(=O)[C@@H](C)[C@@H]6CC[C@]4(C)O[C@]5(C)[C@H]3O)[C@@H]12. The summed E-state index contributed by atoms with van der Waals surface area (Å²) in [6.45, 7) is 12.4. The molecule has 8 aliphatic rings. The summed E-state index contributed by atoms with van der Waals surface area (Å²) in [5, 5.41) is 24.2. The number of carbonyl (C=O) groups excluding carboxylic acids is 2. The molecule has 7 fully saturated rings. The first-order chi connectivity index (χ1) is 17.3. The van der Waals surface area contributed by atoms with Crippen molar-refractivity contribution in [3.63, 3.8) is 0 Å². The summed E-state index contributed by atoms with van der Waals surface area (Å²) in [5.41, 5.74) is -0.528. The van der Waals surface area contributed by atoms with E-state index in [2.05, 4.69) is 20.8 Å². The second-order valence-corrected chi connectivity index (χ2v) is 14.7. The van der Waals surface area contributed by atoms with E-state index < -0.39 is 28.3 Å². The topological polar surface area (TPSA) is 102 Å². The minimum absolute atomic E-state index is 0.00116. The summed E-state index contributed by atoms with van der Waals surface area (Å²) in [6.07, 6.45) is 1.71. The normalized spacial score (nSPS) is 64.5. The largest absolute Gasteiger partial charge is 0.461 e. The number of aliphatic hydroxyl groups excluding tert-OH is 1. The van der Waals surface area contributed by atoms with Crippen LogP contribution in [-0.2, 0) is 23.8 Å². The summed E-state index contributed by atoms with van der Waals surface area (Å²) in [5.74, 6) is -0.748. The van der Waals surface area contributed by atoms with E-state index >= 15 is 0 Å². The van der Waals surface area contributed by atoms with Crippen molar-refractivity contribution >= 4 is 11.9 Å². The molecule has 5 aliphatic carbocycles. The Morgan fingerprint density at radius 3 is 2.27 bits per heavy atom. The number of ether oxygens (including phenoxy) is 3. The van der Waals surface area contributed by atoms with Crippen LogP contribution in [0.2, 0.25) is 0 Å². The zero-order valence-corrected chi connectivity index (χ0v) is 22.7. The number of esters is 2. The molecule has 4 saturated carbocycles. The van der Waals surface area contributed by atoms with Crippen molar-refractivity contribution in [2.24, 2.45) is 58.7 Å². The molecule has 0 aromatic carbocycles. The highest BCUT2D eigenvalue weighted by Crippen LogP contribution is 2.85. The Bertz CT molecular complexity index is 1170. The van der Waals surface area contributed by atoms with Gasteiger partial charge in [-0.1, -0.05) is 19.4 Å². The third-order valence-electron chi connectivity index (χ3n) is 13.5. The Hall–Kier alpha value is -1.44. The van der Waals surface area contributed by atoms with Crippen LogP contribution in [-0.4, -0.2) is 57.3 Å². The molecular weight excluding hydrogens is 472 g/mol. The van der Waals surface area contributed by atoms with Crippen LogP contribution in [0.4, 0.5) is 0 Å². The quantitative estimate of drug-likeness (QED) is 0.380. The van der Waals surface area contributed by atoms with Crippen LogP contribution < -0.4 is 0 Å². The highest BCUT2D eigenvalue weighted by atomic mass is 16.6. The van der Waals surface area contributed by atoms with Gasteiger partial charge in [0, 0.05) is 23.7 Å². The number of carbonyl (C=O) groups is 2. The van der Waals surface area contributed by atoms with Gasteiger partial charge in [-0.25, -0.2) is 0 Å². The molecule has 0 aromatic rings. The first-order valence-electron chi connectivity index (χ1n) is 14.5. The Morgan fingerprint density at radius 2 is 1.54 bits per heavy atom. The molecule has 2 N–H and O–H groups in total. The number of rotatable bonds is 0. The fraction of sp³-hybridized carbons (Fsp3) is 0.867. The highest BCUT2D eigenvalue weighted by molar-refractivity contribution is 5.76. The minimum atomic E-state index is -0.974. The summed E-state index contributed by atoms with van der Waals surface area (Å²) >= 11 is 0. The number of hydrogen-bond acceptors (Lipinski definition) is 7. The van der Waals surface area contributed by atoms with Gasteiger partial charge in [0.25, 0.3) is 0 Å². The molecular formula is C30H40O7. The van der Waals surface area contributed by atoms with E-state index in [1.165, 1.54) is 5.57 Å². The fourth-order valence-corrected chi connectivity index (χ4v) is 12.3. The van der Waals surface area contributed by atoms with Gasteiger partial charge in [0.1, 0.15) is 17.8 Å². The molecule has 0 spiro atoms. The third kappa shape index (κ3) is 2.18. The molecule has 0 unspecified atom stereocenters. The zero-order chi connectivity index (χ0) is 26.2. The van der Waals surface area contributed by atoms with E-state index in [9.17, 15) is 19.8 Å². The van der Waals surface area contributed by atoms with Gasteiger partial charge in [-0.3, -0.25) is 9.59 Å². The molecule has 0 amide bonds. The molecule has 3 aliphatic heterocycles. The van der Waals surface area contributed by atoms with Gasteiger partial charge in [0.05, 0.1) is 34.6 Å². The molecule has 0 radical (unpaired) electrons. The lowest BCUT2D eigenvalue weighted by Crippen LogP contribution is -2.64. The predicted octanol–water partition coefficient (Wildman–Crippen LogP) is 3.01. The summed E-state index contributed by atoms with van der Waals surface area (Å²) < 4.78 is 19.4. The predicted molar refractivity (Wildman–Crippen MR) is 131 cm³/mol. The average molecular weight is 513 g/mol. The Morgan fingerprint density at radius 1 is 0.892 bits per heavy atom. The Balaban J connectivity index is 1.39. The molecule has 8 rings (SSSR count). The standard InChI is InChI=1S/C30H40O7/c1-11-14-7-9-27(4,34)20-16(21(14)35-25(11)32)13(3)19-17(20)18-22-28(5)10-8-15-12(2)26(33)36-24(15)30(19,22)29(6,37-28)23(18)31/h11-12,14-15,17-24,31,34H,7-10H2,1-6H3/t11-,12-,14-,15-,17-,18+,19-,20-,21-,22-,23-,24-,27-,28-,29+,30+/m0/s1. The molecule has 5 bridgehead atoms. The maximum Gasteiger partial charge on any atom is 0.309 e. The van der Waals surface area contributed by atoms with Crippen LogP contribution >= 0.6 is 0 Å². The molecule has 7 nitrogen and oxygen atoms in total. The van der Waals surface area contributed by atoms with Crippen LogP contribution in [0, 0.1) is 58.7 Å². The van der Waals surface area contributed by atoms with Crippen LogP contribution in [0.15, 0.2) is 11.1 Å². The first-order valence-corrected chi connectivity index (χ1v) is 14.5. The van der Waals surface area contributed by atoms with Crippen molar-refractivity contribution in [2.75, 3.05) is 0 Å². The van der Waals surface area contributed by atoms with Gasteiger partial charge in [-0.15, -0.1) is 0 Å². The van der Waals surface area contributed by atoms with Crippen molar-refractivity contribution in [2.45, 2.75) is 102 Å². The van der Waals surface area contributed by atoms with Gasteiger partial charge in [0.15, 0.2) is 0 Å². The lowest BCUT2D eigenvalue weighted by molar-refractivity contribution is -0.254. The van der Waals surface area contributed by atoms with E-state index in [-0.39, 0.29) is 77.4 Å². The van der Waals surface area contributed by atoms with Crippen LogP contribution in [0.3, 0.4) is 0 Å². The first kappa shape index (κ1) is 23.4. The van der Waals surface area contributed by atoms with Crippen LogP contribution in [0.25, 0.3) is 0 Å². The van der Waals surface area contributed by atoms with Crippen LogP contribution in [0.1, 0.15) is 67.2 Å². The summed E-state index contributed by atoms with van der Waals surface area (Å²) in [4.78, 5) is 25.8. The van der Waals surface area contributed by atoms with E-state index in [0.717, 1.165) is 24.8 Å². The van der Waals surface area contributed by atoms with Gasteiger partial charge in [-0.2, -0.15) is 0 Å². The molecule has 37 heavy (non-hydrogen) atoms. The summed E-state index contributed by atoms with van der Waals surface area (Å²) in [7, 11) is 0. The molecule has 3 saturated heterocycles. The van der Waals surface area contributed by atoms with Gasteiger partial charge in [0.2, 0.25) is 0 Å². The second-order valence-electron chi connectivity index (χ2n) is 14.7. The lowest BCUT2D eigenvalue weighted by Gasteiger charge is -2.55. The monoisotopic (exact) mass is 512 g/mol. The van der Waals surface area contributed by atoms with E-state index in [1.54, 1.807) is 0 Å². The van der Waals surface area contributed by atoms with Gasteiger partial charge in [-0.05, 0) is 76.7 Å². The molecule has 7 heteroatoms. The molecule has 3 heterocycles. The minimum Gasteiger partial charge on any atom is -0.461 e. The number of hydrogen-bond donors (Lipinski definition) is 2. The van der Waals surface area contributed by atoms with Crippen molar-refractivity contribution in [3.8, 4) is 0 Å². The Kier molecular flexibility index (Phi) is 4.10. The smallest absolute Gasteiger partial charge is 0.309 e. The highest BCUT2D eigenvalue weighted by Gasteiger charge is 2.91. The van der Waals surface area contributed by atoms with Gasteiger partial charge < -0.3 is 24.4 Å². The fourth-order valence-electron chi connectivity index (χ4n) is 12.3. The number of aliphatic hydroxyl groups is 2. The van der Waals surface area contributed by atoms with Crippen molar-refractivity contribution < 1.29 is 34.0 Å². The van der Waals surface area contributed by atoms with Crippen LogP contribution in [0.5, 0.6) is 0 Å².